The zero-order valence-electron chi connectivity index (χ0n) is 20.1. The Kier molecular flexibility index (Phi) is 5.88. The summed E-state index contributed by atoms with van der Waals surface area (Å²) in [7, 11) is 0. The first kappa shape index (κ1) is 22.3. The molecule has 36 heavy (non-hydrogen) atoms. The summed E-state index contributed by atoms with van der Waals surface area (Å²) >= 11 is 0. The Balaban J connectivity index is 1.69. The number of rotatable bonds is 6. The first-order valence-corrected chi connectivity index (χ1v) is 12.5. The number of hydrogen-bond acceptors (Lipinski definition) is 2. The topological polar surface area (TPSA) is 29.5 Å². The van der Waals surface area contributed by atoms with Gasteiger partial charge in [0.15, 0.2) is 0 Å². The zero-order chi connectivity index (χ0) is 24.4. The SMILES string of the molecule is OCCOc1ccc2ccccc2c1-c1cccc2c1=CC(c1ccccc1)(c1ccccc1)CC=2. The third kappa shape index (κ3) is 3.80. The van der Waals surface area contributed by atoms with Crippen molar-refractivity contribution in [1.82, 2.24) is 0 Å². The van der Waals surface area contributed by atoms with Crippen molar-refractivity contribution in [2.24, 2.45) is 0 Å². The largest absolute Gasteiger partial charge is 0.491 e. The van der Waals surface area contributed by atoms with E-state index in [1.807, 2.05) is 6.07 Å². The van der Waals surface area contributed by atoms with Crippen LogP contribution < -0.4 is 15.2 Å². The predicted molar refractivity (Wildman–Crippen MR) is 148 cm³/mol. The van der Waals surface area contributed by atoms with Crippen LogP contribution in [0.4, 0.5) is 0 Å². The fourth-order valence-electron chi connectivity index (χ4n) is 5.56. The highest BCUT2D eigenvalue weighted by Gasteiger charge is 2.32. The molecule has 1 aliphatic rings. The molecule has 0 heterocycles. The molecule has 5 aromatic rings. The quantitative estimate of drug-likeness (QED) is 0.340. The number of benzene rings is 5. The minimum Gasteiger partial charge on any atom is -0.491 e. The summed E-state index contributed by atoms with van der Waals surface area (Å²) in [5.74, 6) is 0.792. The Morgan fingerprint density at radius 1 is 0.694 bits per heavy atom. The second-order valence-electron chi connectivity index (χ2n) is 9.30. The summed E-state index contributed by atoms with van der Waals surface area (Å²) in [5, 5.41) is 14.2. The minimum absolute atomic E-state index is 0.0236. The molecule has 2 heteroatoms. The highest BCUT2D eigenvalue weighted by Crippen LogP contribution is 2.40. The summed E-state index contributed by atoms with van der Waals surface area (Å²) in [5.41, 5.74) is 4.50. The van der Waals surface area contributed by atoms with E-state index < -0.39 is 0 Å². The van der Waals surface area contributed by atoms with Crippen molar-refractivity contribution in [3.05, 3.63) is 137 Å². The Morgan fingerprint density at radius 2 is 1.39 bits per heavy atom. The first-order valence-electron chi connectivity index (χ1n) is 12.5. The molecule has 1 aliphatic carbocycles. The summed E-state index contributed by atoms with van der Waals surface area (Å²) in [6.45, 7) is 0.234. The van der Waals surface area contributed by atoms with Gasteiger partial charge in [0.05, 0.1) is 6.61 Å². The van der Waals surface area contributed by atoms with E-state index in [2.05, 4.69) is 121 Å². The van der Waals surface area contributed by atoms with Crippen LogP contribution in [0.2, 0.25) is 0 Å². The van der Waals surface area contributed by atoms with Crippen LogP contribution in [-0.2, 0) is 5.41 Å². The number of fused-ring (bicyclic) bond motifs is 2. The summed E-state index contributed by atoms with van der Waals surface area (Å²) in [6, 6.07) is 40.7. The van der Waals surface area contributed by atoms with Gasteiger partial charge in [-0.1, -0.05) is 121 Å². The average Bonchev–Trinajstić information content (AvgIpc) is 2.96. The van der Waals surface area contributed by atoms with Gasteiger partial charge in [-0.25, -0.2) is 0 Å². The van der Waals surface area contributed by atoms with Crippen LogP contribution in [0.5, 0.6) is 5.75 Å². The molecule has 6 rings (SSSR count). The molecule has 0 amide bonds. The van der Waals surface area contributed by atoms with Crippen molar-refractivity contribution < 1.29 is 9.84 Å². The first-order chi connectivity index (χ1) is 17.8. The fourth-order valence-corrected chi connectivity index (χ4v) is 5.56. The van der Waals surface area contributed by atoms with Crippen LogP contribution in [0.25, 0.3) is 34.1 Å². The van der Waals surface area contributed by atoms with Crippen LogP contribution in [0.15, 0.2) is 115 Å². The Morgan fingerprint density at radius 3 is 2.11 bits per heavy atom. The number of hydrogen-bond donors (Lipinski definition) is 1. The highest BCUT2D eigenvalue weighted by atomic mass is 16.5. The molecule has 0 radical (unpaired) electrons. The van der Waals surface area contributed by atoms with Crippen molar-refractivity contribution in [2.45, 2.75) is 11.8 Å². The fraction of sp³-hybridized carbons (Fsp3) is 0.118. The van der Waals surface area contributed by atoms with E-state index in [0.717, 1.165) is 28.7 Å². The molecule has 0 atom stereocenters. The second kappa shape index (κ2) is 9.49. The van der Waals surface area contributed by atoms with E-state index in [0.29, 0.717) is 0 Å². The summed E-state index contributed by atoms with van der Waals surface area (Å²) in [6.07, 6.45) is 5.72. The Labute approximate surface area is 211 Å². The molecule has 0 fully saturated rings. The zero-order valence-corrected chi connectivity index (χ0v) is 20.1. The third-order valence-corrected chi connectivity index (χ3v) is 7.26. The van der Waals surface area contributed by atoms with E-state index in [-0.39, 0.29) is 18.6 Å². The van der Waals surface area contributed by atoms with Crippen molar-refractivity contribution >= 4 is 22.9 Å². The molecule has 0 spiro atoms. The molecule has 0 saturated carbocycles. The normalized spacial score (nSPS) is 13.9. The molecule has 2 nitrogen and oxygen atoms in total. The number of aliphatic hydroxyl groups excluding tert-OH is 1. The van der Waals surface area contributed by atoms with Gasteiger partial charge in [0.1, 0.15) is 12.4 Å². The molecule has 0 saturated heterocycles. The standard InChI is InChI=1S/C34H28O2/c35-22-23-36-32-19-18-25-10-7-8-16-29(25)33(32)30-17-9-11-26-20-21-34(24-31(26)30,27-12-3-1-4-13-27)28-14-5-2-6-15-28/h1-20,24,35H,21-23H2. The lowest BCUT2D eigenvalue weighted by Crippen LogP contribution is -2.38. The monoisotopic (exact) mass is 468 g/mol. The van der Waals surface area contributed by atoms with Crippen LogP contribution >= 0.6 is 0 Å². The van der Waals surface area contributed by atoms with Gasteiger partial charge < -0.3 is 9.84 Å². The smallest absolute Gasteiger partial charge is 0.127 e. The predicted octanol–water partition coefficient (Wildman–Crippen LogP) is 5.83. The van der Waals surface area contributed by atoms with Gasteiger partial charge in [0, 0.05) is 11.0 Å². The number of ether oxygens (including phenoxy) is 1. The van der Waals surface area contributed by atoms with Crippen LogP contribution in [-0.4, -0.2) is 18.3 Å². The van der Waals surface area contributed by atoms with Gasteiger partial charge in [-0.15, -0.1) is 0 Å². The van der Waals surface area contributed by atoms with E-state index in [1.54, 1.807) is 0 Å². The van der Waals surface area contributed by atoms with Crippen LogP contribution in [0, 0.1) is 0 Å². The van der Waals surface area contributed by atoms with E-state index in [9.17, 15) is 5.11 Å². The van der Waals surface area contributed by atoms with Gasteiger partial charge in [-0.2, -0.15) is 0 Å². The van der Waals surface area contributed by atoms with E-state index in [1.165, 1.54) is 27.0 Å². The molecule has 0 bridgehead atoms. The van der Waals surface area contributed by atoms with Gasteiger partial charge >= 0.3 is 0 Å². The van der Waals surface area contributed by atoms with Crippen LogP contribution in [0.3, 0.4) is 0 Å². The summed E-state index contributed by atoms with van der Waals surface area (Å²) < 4.78 is 6.09. The molecular formula is C34H28O2. The lowest BCUT2D eigenvalue weighted by atomic mass is 9.69. The Hall–Kier alpha value is -4.14. The molecular weight excluding hydrogens is 440 g/mol. The molecule has 176 valence electrons. The lowest BCUT2D eigenvalue weighted by molar-refractivity contribution is 0.202. The Bertz CT molecular complexity index is 1600. The second-order valence-corrected chi connectivity index (χ2v) is 9.30. The molecule has 0 unspecified atom stereocenters. The van der Waals surface area contributed by atoms with Gasteiger partial charge in [-0.3, -0.25) is 0 Å². The van der Waals surface area contributed by atoms with Crippen molar-refractivity contribution in [1.29, 1.82) is 0 Å². The maximum absolute atomic E-state index is 9.48. The third-order valence-electron chi connectivity index (χ3n) is 7.26. The molecule has 1 N–H and O–H groups in total. The van der Waals surface area contributed by atoms with Gasteiger partial charge in [-0.05, 0) is 50.4 Å². The van der Waals surface area contributed by atoms with E-state index >= 15 is 0 Å². The minimum atomic E-state index is -0.275. The average molecular weight is 469 g/mol. The van der Waals surface area contributed by atoms with Crippen molar-refractivity contribution in [2.75, 3.05) is 13.2 Å². The van der Waals surface area contributed by atoms with Crippen molar-refractivity contribution in [3.8, 4) is 16.9 Å². The number of aliphatic hydroxyl groups is 1. The molecule has 0 aliphatic heterocycles. The molecule has 0 aromatic heterocycles. The van der Waals surface area contributed by atoms with Crippen molar-refractivity contribution in [3.63, 3.8) is 0 Å². The maximum Gasteiger partial charge on any atom is 0.127 e. The van der Waals surface area contributed by atoms with Crippen LogP contribution in [0.1, 0.15) is 17.5 Å². The van der Waals surface area contributed by atoms with Gasteiger partial charge in [0.25, 0.3) is 0 Å². The molecule has 5 aromatic carbocycles. The maximum atomic E-state index is 9.48. The highest BCUT2D eigenvalue weighted by molar-refractivity contribution is 6.00. The van der Waals surface area contributed by atoms with Gasteiger partial charge in [0.2, 0.25) is 0 Å². The van der Waals surface area contributed by atoms with E-state index in [4.69, 9.17) is 4.74 Å². The summed E-state index contributed by atoms with van der Waals surface area (Å²) in [4.78, 5) is 0. The lowest BCUT2D eigenvalue weighted by Gasteiger charge is -2.33.